The molecule has 4 aliphatic carbocycles. The number of aliphatic hydroxyl groups is 1. The Bertz CT molecular complexity index is 947. The SMILES string of the molecule is CC(C)(C)NC(=O)OCc1cnc2[nH]ccc2c1NC1C2CC3CC1CC(O)(C3)C2. The van der Waals surface area contributed by atoms with Crippen molar-refractivity contribution in [3.63, 3.8) is 0 Å². The summed E-state index contributed by atoms with van der Waals surface area (Å²) < 4.78 is 5.51. The lowest BCUT2D eigenvalue weighted by Crippen LogP contribution is -2.59. The number of alkyl carbamates (subject to hydrolysis) is 1. The summed E-state index contributed by atoms with van der Waals surface area (Å²) >= 11 is 0. The van der Waals surface area contributed by atoms with Crippen molar-refractivity contribution >= 4 is 22.8 Å². The maximum atomic E-state index is 12.2. The molecule has 30 heavy (non-hydrogen) atoms. The van der Waals surface area contributed by atoms with E-state index in [1.165, 1.54) is 12.8 Å². The molecule has 162 valence electrons. The lowest BCUT2D eigenvalue weighted by molar-refractivity contribution is -0.129. The molecule has 7 nitrogen and oxygen atoms in total. The predicted octanol–water partition coefficient (Wildman–Crippen LogP) is 3.94. The minimum Gasteiger partial charge on any atom is -0.445 e. The van der Waals surface area contributed by atoms with Crippen LogP contribution in [-0.2, 0) is 11.3 Å². The van der Waals surface area contributed by atoms with Crippen LogP contribution in [0.5, 0.6) is 0 Å². The van der Waals surface area contributed by atoms with Crippen LogP contribution in [0.25, 0.3) is 11.0 Å². The molecule has 4 aliphatic rings. The van der Waals surface area contributed by atoms with Gasteiger partial charge in [0, 0.05) is 34.9 Å². The third-order valence-corrected chi connectivity index (χ3v) is 7.05. The first-order chi connectivity index (χ1) is 14.2. The maximum absolute atomic E-state index is 12.2. The normalized spacial score (nSPS) is 32.4. The number of rotatable bonds is 4. The van der Waals surface area contributed by atoms with Crippen LogP contribution in [0.2, 0.25) is 0 Å². The van der Waals surface area contributed by atoms with E-state index in [-0.39, 0.29) is 12.1 Å². The van der Waals surface area contributed by atoms with Crippen LogP contribution in [0.15, 0.2) is 18.5 Å². The van der Waals surface area contributed by atoms with Gasteiger partial charge in [0.1, 0.15) is 12.3 Å². The van der Waals surface area contributed by atoms with Gasteiger partial charge in [0.15, 0.2) is 0 Å². The fourth-order valence-electron chi connectivity index (χ4n) is 6.20. The van der Waals surface area contributed by atoms with Crippen LogP contribution < -0.4 is 10.6 Å². The molecule has 0 saturated heterocycles. The molecule has 4 fully saturated rings. The lowest BCUT2D eigenvalue weighted by Gasteiger charge is -2.58. The first-order valence-corrected chi connectivity index (χ1v) is 11.1. The van der Waals surface area contributed by atoms with Gasteiger partial charge in [-0.1, -0.05) is 0 Å². The molecular weight excluding hydrogens is 380 g/mol. The molecule has 4 N–H and O–H groups in total. The molecule has 0 aromatic carbocycles. The topological polar surface area (TPSA) is 99.3 Å². The maximum Gasteiger partial charge on any atom is 0.407 e. The highest BCUT2D eigenvalue weighted by molar-refractivity contribution is 5.91. The third-order valence-electron chi connectivity index (χ3n) is 7.05. The van der Waals surface area contributed by atoms with Crippen LogP contribution in [0.1, 0.15) is 58.4 Å². The van der Waals surface area contributed by atoms with E-state index in [2.05, 4.69) is 20.6 Å². The number of hydrogen-bond acceptors (Lipinski definition) is 5. The Hall–Kier alpha value is -2.28. The standard InChI is InChI=1S/C23H32N4O3/c1-22(2,3)27-21(28)30-12-16-11-25-20-17(4-5-24-20)19(16)26-18-14-6-13-7-15(18)10-23(29,8-13)9-14/h4-5,11,13-15,18,29H,6-10,12H2,1-3H3,(H,27,28)(H2,24,25,26). The number of fused-ring (bicyclic) bond motifs is 1. The van der Waals surface area contributed by atoms with Gasteiger partial charge >= 0.3 is 6.09 Å². The highest BCUT2D eigenvalue weighted by Gasteiger charge is 2.54. The van der Waals surface area contributed by atoms with Crippen LogP contribution in [0, 0.1) is 17.8 Å². The van der Waals surface area contributed by atoms with Gasteiger partial charge in [-0.05, 0) is 76.7 Å². The molecule has 2 heterocycles. The fourth-order valence-corrected chi connectivity index (χ4v) is 6.20. The molecule has 2 atom stereocenters. The Labute approximate surface area is 177 Å². The van der Waals surface area contributed by atoms with Crippen molar-refractivity contribution in [2.45, 2.75) is 76.7 Å². The number of carbonyl (C=O) groups is 1. The van der Waals surface area contributed by atoms with Crippen LogP contribution >= 0.6 is 0 Å². The highest BCUT2D eigenvalue weighted by Crippen LogP contribution is 2.56. The summed E-state index contributed by atoms with van der Waals surface area (Å²) in [6.45, 7) is 5.94. The van der Waals surface area contributed by atoms with E-state index in [0.29, 0.717) is 23.8 Å². The second-order valence-electron chi connectivity index (χ2n) is 10.7. The predicted molar refractivity (Wildman–Crippen MR) is 115 cm³/mol. The number of carbonyl (C=O) groups excluding carboxylic acids is 1. The van der Waals surface area contributed by atoms with E-state index in [1.807, 2.05) is 33.0 Å². The second kappa shape index (κ2) is 6.87. The molecule has 2 aromatic rings. The number of H-pyrrole nitrogens is 1. The number of amides is 1. The van der Waals surface area contributed by atoms with Crippen molar-refractivity contribution in [3.8, 4) is 0 Å². The molecule has 6 rings (SSSR count). The minimum atomic E-state index is -0.451. The Morgan fingerprint density at radius 2 is 2.03 bits per heavy atom. The van der Waals surface area contributed by atoms with E-state index in [9.17, 15) is 9.90 Å². The summed E-state index contributed by atoms with van der Waals surface area (Å²) in [5.41, 5.74) is 1.89. The van der Waals surface area contributed by atoms with Gasteiger partial charge in [-0.25, -0.2) is 9.78 Å². The van der Waals surface area contributed by atoms with Crippen molar-refractivity contribution in [1.82, 2.24) is 15.3 Å². The zero-order valence-corrected chi connectivity index (χ0v) is 18.0. The van der Waals surface area contributed by atoms with Gasteiger partial charge in [-0.15, -0.1) is 0 Å². The average molecular weight is 413 g/mol. The number of nitrogens with zero attached hydrogens (tertiary/aromatic N) is 1. The van der Waals surface area contributed by atoms with Crippen LogP contribution in [0.3, 0.4) is 0 Å². The molecule has 0 spiro atoms. The van der Waals surface area contributed by atoms with Crippen molar-refractivity contribution < 1.29 is 14.6 Å². The molecule has 0 radical (unpaired) electrons. The van der Waals surface area contributed by atoms with Crippen molar-refractivity contribution in [2.24, 2.45) is 17.8 Å². The lowest BCUT2D eigenvalue weighted by atomic mass is 9.52. The molecule has 7 heteroatoms. The van der Waals surface area contributed by atoms with Crippen molar-refractivity contribution in [1.29, 1.82) is 0 Å². The van der Waals surface area contributed by atoms with Gasteiger partial charge in [-0.3, -0.25) is 0 Å². The van der Waals surface area contributed by atoms with Gasteiger partial charge in [0.05, 0.1) is 11.3 Å². The smallest absolute Gasteiger partial charge is 0.407 e. The molecule has 2 unspecified atom stereocenters. The fraction of sp³-hybridized carbons (Fsp3) is 0.652. The van der Waals surface area contributed by atoms with E-state index < -0.39 is 11.7 Å². The minimum absolute atomic E-state index is 0.160. The Morgan fingerprint density at radius 3 is 2.70 bits per heavy atom. The number of hydrogen-bond donors (Lipinski definition) is 4. The summed E-state index contributed by atoms with van der Waals surface area (Å²) in [4.78, 5) is 19.9. The molecule has 4 bridgehead atoms. The Balaban J connectivity index is 1.39. The number of ether oxygens (including phenoxy) is 1. The number of aromatic nitrogens is 2. The number of nitrogens with one attached hydrogen (secondary N) is 3. The first kappa shape index (κ1) is 19.7. The van der Waals surface area contributed by atoms with Gasteiger partial charge in [0.2, 0.25) is 0 Å². The molecule has 0 aliphatic heterocycles. The number of aromatic amines is 1. The number of pyridine rings is 1. The van der Waals surface area contributed by atoms with Crippen LogP contribution in [0.4, 0.5) is 10.5 Å². The van der Waals surface area contributed by atoms with E-state index >= 15 is 0 Å². The summed E-state index contributed by atoms with van der Waals surface area (Å²) in [7, 11) is 0. The molecule has 4 saturated carbocycles. The average Bonchev–Trinajstić information content (AvgIpc) is 3.09. The van der Waals surface area contributed by atoms with Crippen molar-refractivity contribution in [2.75, 3.05) is 5.32 Å². The highest BCUT2D eigenvalue weighted by atomic mass is 16.5. The van der Waals surface area contributed by atoms with Gasteiger partial charge in [-0.2, -0.15) is 0 Å². The molecular formula is C23H32N4O3. The summed E-state index contributed by atoms with van der Waals surface area (Å²) in [6, 6.07) is 2.36. The van der Waals surface area contributed by atoms with E-state index in [4.69, 9.17) is 4.74 Å². The largest absolute Gasteiger partial charge is 0.445 e. The Kier molecular flexibility index (Phi) is 4.51. The second-order valence-corrected chi connectivity index (χ2v) is 10.7. The molecule has 1 amide bonds. The van der Waals surface area contributed by atoms with Crippen LogP contribution in [-0.4, -0.2) is 38.3 Å². The van der Waals surface area contributed by atoms with E-state index in [1.54, 1.807) is 6.20 Å². The summed E-state index contributed by atoms with van der Waals surface area (Å²) in [6.07, 6.45) is 8.38. The van der Waals surface area contributed by atoms with Gasteiger partial charge < -0.3 is 25.5 Å². The molecule has 2 aromatic heterocycles. The van der Waals surface area contributed by atoms with Crippen molar-refractivity contribution in [3.05, 3.63) is 24.0 Å². The zero-order chi connectivity index (χ0) is 21.1. The summed E-state index contributed by atoms with van der Waals surface area (Å²) in [5.74, 6) is 1.64. The first-order valence-electron chi connectivity index (χ1n) is 11.1. The number of anilines is 1. The zero-order valence-electron chi connectivity index (χ0n) is 18.0. The quantitative estimate of drug-likeness (QED) is 0.610. The Morgan fingerprint density at radius 1 is 1.30 bits per heavy atom. The van der Waals surface area contributed by atoms with Gasteiger partial charge in [0.25, 0.3) is 0 Å². The monoisotopic (exact) mass is 412 g/mol. The van der Waals surface area contributed by atoms with E-state index in [0.717, 1.165) is 41.5 Å². The third kappa shape index (κ3) is 3.64. The summed E-state index contributed by atoms with van der Waals surface area (Å²) in [5, 5.41) is 18.6.